The molecule has 0 radical (unpaired) electrons. The fraction of sp³-hybridized carbons (Fsp3) is 0.357. The van der Waals surface area contributed by atoms with Gasteiger partial charge >= 0.3 is 0 Å². The van der Waals surface area contributed by atoms with Gasteiger partial charge in [-0.15, -0.1) is 0 Å². The second kappa shape index (κ2) is 4.52. The van der Waals surface area contributed by atoms with E-state index in [-0.39, 0.29) is 11.7 Å². The number of ketones is 1. The lowest BCUT2D eigenvalue weighted by atomic mass is 9.96. The molecule has 1 aromatic heterocycles. The van der Waals surface area contributed by atoms with Crippen LogP contribution in [0.5, 0.6) is 0 Å². The number of hydrogen-bond donors (Lipinski definition) is 0. The van der Waals surface area contributed by atoms with Gasteiger partial charge in [0.1, 0.15) is 5.58 Å². The number of fused-ring (bicyclic) bond motifs is 1. The topological polar surface area (TPSA) is 30.2 Å². The largest absolute Gasteiger partial charge is 0.453 e. The van der Waals surface area contributed by atoms with Crippen LogP contribution in [0.2, 0.25) is 0 Å². The molecule has 2 heteroatoms. The summed E-state index contributed by atoms with van der Waals surface area (Å²) in [6.45, 7) is 4.07. The van der Waals surface area contributed by atoms with E-state index in [0.717, 1.165) is 23.8 Å². The van der Waals surface area contributed by atoms with Crippen LogP contribution in [0.1, 0.15) is 37.2 Å². The Morgan fingerprint density at radius 3 is 2.56 bits per heavy atom. The lowest BCUT2D eigenvalue weighted by Gasteiger charge is -2.07. The molecule has 0 bridgehead atoms. The van der Waals surface area contributed by atoms with Gasteiger partial charge in [0.15, 0.2) is 5.76 Å². The summed E-state index contributed by atoms with van der Waals surface area (Å²) in [4.78, 5) is 12.1. The number of carbonyl (C=O) groups excluding carboxylic acids is 1. The first-order valence-corrected chi connectivity index (χ1v) is 5.79. The SMILES string of the molecule is CCC(CC)C(=O)c1cc2ccccc2o1. The van der Waals surface area contributed by atoms with Crippen molar-refractivity contribution in [1.29, 1.82) is 0 Å². The maximum atomic E-state index is 12.1. The molecule has 0 amide bonds. The van der Waals surface area contributed by atoms with E-state index >= 15 is 0 Å². The van der Waals surface area contributed by atoms with E-state index in [0.29, 0.717) is 5.76 Å². The van der Waals surface area contributed by atoms with Gasteiger partial charge in [0.05, 0.1) is 0 Å². The predicted octanol–water partition coefficient (Wildman–Crippen LogP) is 4.05. The minimum atomic E-state index is 0.0839. The third kappa shape index (κ3) is 1.87. The zero-order valence-electron chi connectivity index (χ0n) is 9.69. The average molecular weight is 216 g/mol. The van der Waals surface area contributed by atoms with E-state index in [4.69, 9.17) is 4.42 Å². The summed E-state index contributed by atoms with van der Waals surface area (Å²) in [5, 5.41) is 0.997. The van der Waals surface area contributed by atoms with Crippen molar-refractivity contribution in [3.63, 3.8) is 0 Å². The zero-order chi connectivity index (χ0) is 11.5. The summed E-state index contributed by atoms with van der Waals surface area (Å²) in [5.41, 5.74) is 0.789. The van der Waals surface area contributed by atoms with Crippen LogP contribution < -0.4 is 0 Å². The molecule has 0 atom stereocenters. The first kappa shape index (κ1) is 10.9. The van der Waals surface area contributed by atoms with Gasteiger partial charge in [0.2, 0.25) is 5.78 Å². The van der Waals surface area contributed by atoms with E-state index < -0.39 is 0 Å². The highest BCUT2D eigenvalue weighted by Gasteiger charge is 2.19. The molecule has 0 N–H and O–H groups in total. The molecule has 0 spiro atoms. The van der Waals surface area contributed by atoms with Crippen LogP contribution in [-0.4, -0.2) is 5.78 Å². The number of carbonyl (C=O) groups is 1. The van der Waals surface area contributed by atoms with Gasteiger partial charge < -0.3 is 4.42 Å². The molecule has 0 unspecified atom stereocenters. The number of hydrogen-bond acceptors (Lipinski definition) is 2. The summed E-state index contributed by atoms with van der Waals surface area (Å²) in [6.07, 6.45) is 1.73. The smallest absolute Gasteiger partial charge is 0.201 e. The lowest BCUT2D eigenvalue weighted by molar-refractivity contribution is 0.0887. The highest BCUT2D eigenvalue weighted by atomic mass is 16.3. The van der Waals surface area contributed by atoms with Gasteiger partial charge in [-0.3, -0.25) is 4.79 Å². The van der Waals surface area contributed by atoms with E-state index in [1.54, 1.807) is 0 Å². The van der Waals surface area contributed by atoms with E-state index in [2.05, 4.69) is 0 Å². The molecular formula is C14H16O2. The molecule has 0 saturated heterocycles. The first-order chi connectivity index (χ1) is 7.76. The van der Waals surface area contributed by atoms with Crippen molar-refractivity contribution >= 4 is 16.8 Å². The second-order valence-corrected chi connectivity index (χ2v) is 4.03. The Kier molecular flexibility index (Phi) is 3.09. The lowest BCUT2D eigenvalue weighted by Crippen LogP contribution is -2.11. The Balaban J connectivity index is 2.36. The predicted molar refractivity (Wildman–Crippen MR) is 64.6 cm³/mol. The Morgan fingerprint density at radius 2 is 1.94 bits per heavy atom. The van der Waals surface area contributed by atoms with Gasteiger partial charge in [0.25, 0.3) is 0 Å². The molecule has 2 aromatic rings. The van der Waals surface area contributed by atoms with Crippen LogP contribution in [0.3, 0.4) is 0 Å². The molecule has 1 aromatic carbocycles. The van der Waals surface area contributed by atoms with Crippen LogP contribution in [0.15, 0.2) is 34.7 Å². The van der Waals surface area contributed by atoms with Gasteiger partial charge in [-0.25, -0.2) is 0 Å². The minimum Gasteiger partial charge on any atom is -0.453 e. The molecule has 2 nitrogen and oxygen atoms in total. The molecule has 0 aliphatic carbocycles. The van der Waals surface area contributed by atoms with Crippen LogP contribution in [0.4, 0.5) is 0 Å². The number of benzene rings is 1. The third-order valence-electron chi connectivity index (χ3n) is 3.02. The van der Waals surface area contributed by atoms with Gasteiger partial charge in [-0.2, -0.15) is 0 Å². The summed E-state index contributed by atoms with van der Waals surface area (Å²) in [6, 6.07) is 9.55. The summed E-state index contributed by atoms with van der Waals surface area (Å²) < 4.78 is 5.56. The fourth-order valence-corrected chi connectivity index (χ4v) is 1.96. The average Bonchev–Trinajstić information content (AvgIpc) is 2.74. The molecular weight excluding hydrogens is 200 g/mol. The molecule has 84 valence electrons. The van der Waals surface area contributed by atoms with Gasteiger partial charge in [0, 0.05) is 11.3 Å². The Morgan fingerprint density at radius 1 is 1.25 bits per heavy atom. The van der Waals surface area contributed by atoms with E-state index in [1.807, 2.05) is 44.2 Å². The highest BCUT2D eigenvalue weighted by Crippen LogP contribution is 2.23. The van der Waals surface area contributed by atoms with Crippen LogP contribution in [-0.2, 0) is 0 Å². The van der Waals surface area contributed by atoms with Crippen LogP contribution in [0, 0.1) is 5.92 Å². The minimum absolute atomic E-state index is 0.0839. The van der Waals surface area contributed by atoms with Crippen molar-refractivity contribution in [3.05, 3.63) is 36.1 Å². The van der Waals surface area contributed by atoms with E-state index in [9.17, 15) is 4.79 Å². The first-order valence-electron chi connectivity index (χ1n) is 5.79. The maximum absolute atomic E-state index is 12.1. The summed E-state index contributed by atoms with van der Waals surface area (Å²) in [5.74, 6) is 0.705. The van der Waals surface area contributed by atoms with Crippen LogP contribution in [0.25, 0.3) is 11.0 Å². The molecule has 0 aliphatic rings. The molecule has 1 heterocycles. The fourth-order valence-electron chi connectivity index (χ4n) is 1.96. The number of furan rings is 1. The van der Waals surface area contributed by atoms with Crippen molar-refractivity contribution < 1.29 is 9.21 Å². The van der Waals surface area contributed by atoms with Crippen molar-refractivity contribution in [1.82, 2.24) is 0 Å². The second-order valence-electron chi connectivity index (χ2n) is 4.03. The number of Topliss-reactive ketones (excluding diaryl/α,β-unsaturated/α-hetero) is 1. The molecule has 0 saturated carbocycles. The highest BCUT2D eigenvalue weighted by molar-refractivity contribution is 5.98. The molecule has 16 heavy (non-hydrogen) atoms. The van der Waals surface area contributed by atoms with E-state index in [1.165, 1.54) is 0 Å². The Hall–Kier alpha value is -1.57. The van der Waals surface area contributed by atoms with Crippen LogP contribution >= 0.6 is 0 Å². The maximum Gasteiger partial charge on any atom is 0.201 e. The van der Waals surface area contributed by atoms with Crippen molar-refractivity contribution in [3.8, 4) is 0 Å². The number of rotatable bonds is 4. The standard InChI is InChI=1S/C14H16O2/c1-3-10(4-2)14(15)13-9-11-7-5-6-8-12(11)16-13/h5-10H,3-4H2,1-2H3. The Labute approximate surface area is 95.3 Å². The van der Waals surface area contributed by atoms with Gasteiger partial charge in [-0.1, -0.05) is 32.0 Å². The normalized spacial score (nSPS) is 11.2. The molecule has 2 rings (SSSR count). The Bertz CT molecular complexity index is 459. The van der Waals surface area contributed by atoms with Crippen molar-refractivity contribution in [2.45, 2.75) is 26.7 Å². The molecule has 0 fully saturated rings. The monoisotopic (exact) mass is 216 g/mol. The third-order valence-corrected chi connectivity index (χ3v) is 3.02. The van der Waals surface area contributed by atoms with Gasteiger partial charge in [-0.05, 0) is 25.0 Å². The van der Waals surface area contributed by atoms with Crippen molar-refractivity contribution in [2.75, 3.05) is 0 Å². The quantitative estimate of drug-likeness (QED) is 0.722. The number of para-hydroxylation sites is 1. The van der Waals surface area contributed by atoms with Crippen molar-refractivity contribution in [2.24, 2.45) is 5.92 Å². The summed E-state index contributed by atoms with van der Waals surface area (Å²) in [7, 11) is 0. The zero-order valence-corrected chi connectivity index (χ0v) is 9.69. The molecule has 0 aliphatic heterocycles. The summed E-state index contributed by atoms with van der Waals surface area (Å²) >= 11 is 0.